The van der Waals surface area contributed by atoms with Crippen molar-refractivity contribution >= 4 is 5.78 Å². The van der Waals surface area contributed by atoms with Crippen LogP contribution in [0, 0.1) is 23.7 Å². The van der Waals surface area contributed by atoms with Gasteiger partial charge in [-0.2, -0.15) is 0 Å². The number of rotatable bonds is 0. The van der Waals surface area contributed by atoms with E-state index >= 15 is 0 Å². The van der Waals surface area contributed by atoms with Crippen molar-refractivity contribution in [1.82, 2.24) is 0 Å². The SMILES string of the molecule is O=C1CC2C3C=CC=CC2C13. The lowest BCUT2D eigenvalue weighted by molar-refractivity contribution is -0.121. The highest BCUT2D eigenvalue weighted by Crippen LogP contribution is 2.57. The molecular weight excluding hydrogens is 136 g/mol. The summed E-state index contributed by atoms with van der Waals surface area (Å²) in [7, 11) is 0. The minimum atomic E-state index is 0.370. The van der Waals surface area contributed by atoms with E-state index in [1.165, 1.54) is 0 Å². The van der Waals surface area contributed by atoms with E-state index in [0.29, 0.717) is 29.5 Å². The van der Waals surface area contributed by atoms with E-state index in [-0.39, 0.29) is 0 Å². The van der Waals surface area contributed by atoms with Crippen LogP contribution in [0.2, 0.25) is 0 Å². The highest BCUT2D eigenvalue weighted by molar-refractivity contribution is 5.88. The summed E-state index contributed by atoms with van der Waals surface area (Å²) in [5.41, 5.74) is 0. The van der Waals surface area contributed by atoms with Crippen LogP contribution in [-0.2, 0) is 4.79 Å². The normalized spacial score (nSPS) is 50.7. The molecule has 0 radical (unpaired) electrons. The van der Waals surface area contributed by atoms with Gasteiger partial charge < -0.3 is 0 Å². The first-order chi connectivity index (χ1) is 5.38. The Labute approximate surface area is 65.8 Å². The van der Waals surface area contributed by atoms with Gasteiger partial charge in [0, 0.05) is 12.3 Å². The van der Waals surface area contributed by atoms with Crippen LogP contribution in [0.1, 0.15) is 6.42 Å². The minimum absolute atomic E-state index is 0.370. The first-order valence-corrected chi connectivity index (χ1v) is 4.25. The average Bonchev–Trinajstić information content (AvgIpc) is 2.31. The zero-order valence-corrected chi connectivity index (χ0v) is 6.23. The van der Waals surface area contributed by atoms with Crippen LogP contribution in [0.4, 0.5) is 0 Å². The molecule has 0 aromatic heterocycles. The lowest BCUT2D eigenvalue weighted by Crippen LogP contribution is -2.37. The molecule has 0 amide bonds. The Balaban J connectivity index is 2.08. The van der Waals surface area contributed by atoms with Gasteiger partial charge in [-0.25, -0.2) is 0 Å². The second-order valence-corrected chi connectivity index (χ2v) is 3.78. The van der Waals surface area contributed by atoms with Gasteiger partial charge in [0.25, 0.3) is 0 Å². The van der Waals surface area contributed by atoms with Crippen LogP contribution in [-0.4, -0.2) is 5.78 Å². The third-order valence-electron chi connectivity index (χ3n) is 3.40. The Morgan fingerprint density at radius 1 is 1.18 bits per heavy atom. The molecule has 0 spiro atoms. The van der Waals surface area contributed by atoms with Crippen molar-refractivity contribution < 1.29 is 4.79 Å². The van der Waals surface area contributed by atoms with Crippen LogP contribution in [0.15, 0.2) is 24.3 Å². The van der Waals surface area contributed by atoms with Crippen molar-refractivity contribution in [2.45, 2.75) is 6.42 Å². The Morgan fingerprint density at radius 2 is 1.82 bits per heavy atom. The standard InChI is InChI=1S/C10H10O/c11-9-5-8-6-3-1-2-4-7(8)10(6)9/h1-4,6-8,10H,5H2. The summed E-state index contributed by atoms with van der Waals surface area (Å²) >= 11 is 0. The van der Waals surface area contributed by atoms with E-state index in [2.05, 4.69) is 24.3 Å². The highest BCUT2D eigenvalue weighted by atomic mass is 16.1. The van der Waals surface area contributed by atoms with Crippen molar-refractivity contribution in [3.05, 3.63) is 24.3 Å². The van der Waals surface area contributed by atoms with Gasteiger partial charge in [-0.15, -0.1) is 0 Å². The van der Waals surface area contributed by atoms with Gasteiger partial charge >= 0.3 is 0 Å². The van der Waals surface area contributed by atoms with E-state index in [4.69, 9.17) is 0 Å². The van der Waals surface area contributed by atoms with Crippen molar-refractivity contribution in [3.8, 4) is 0 Å². The summed E-state index contributed by atoms with van der Waals surface area (Å²) in [5.74, 6) is 2.74. The van der Waals surface area contributed by atoms with Crippen molar-refractivity contribution in [2.75, 3.05) is 0 Å². The quantitative estimate of drug-likeness (QED) is 0.507. The summed E-state index contributed by atoms with van der Waals surface area (Å²) in [6.45, 7) is 0. The number of fused-ring (bicyclic) bond motifs is 1. The predicted molar refractivity (Wildman–Crippen MR) is 41.9 cm³/mol. The van der Waals surface area contributed by atoms with Crippen LogP contribution >= 0.6 is 0 Å². The maximum atomic E-state index is 11.3. The van der Waals surface area contributed by atoms with Crippen LogP contribution in [0.3, 0.4) is 0 Å². The molecule has 2 unspecified atom stereocenters. The van der Waals surface area contributed by atoms with Crippen molar-refractivity contribution in [1.29, 1.82) is 0 Å². The van der Waals surface area contributed by atoms with Gasteiger partial charge in [0.1, 0.15) is 5.78 Å². The van der Waals surface area contributed by atoms with E-state index in [1.807, 2.05) is 0 Å². The highest BCUT2D eigenvalue weighted by Gasteiger charge is 2.58. The van der Waals surface area contributed by atoms with Gasteiger partial charge in [-0.1, -0.05) is 24.3 Å². The zero-order valence-electron chi connectivity index (χ0n) is 6.23. The first kappa shape index (κ1) is 5.76. The van der Waals surface area contributed by atoms with Gasteiger partial charge in [0.15, 0.2) is 0 Å². The Hall–Kier alpha value is -0.850. The molecule has 0 N–H and O–H groups in total. The Kier molecular flexibility index (Phi) is 0.867. The van der Waals surface area contributed by atoms with E-state index in [1.54, 1.807) is 0 Å². The molecule has 4 rings (SSSR count). The molecule has 56 valence electrons. The molecule has 0 aromatic carbocycles. The molecular formula is C10H10O. The van der Waals surface area contributed by atoms with Crippen LogP contribution in [0.25, 0.3) is 0 Å². The molecule has 1 heteroatoms. The maximum absolute atomic E-state index is 11.3. The second-order valence-electron chi connectivity index (χ2n) is 3.78. The van der Waals surface area contributed by atoms with Gasteiger partial charge in [-0.05, 0) is 17.8 Å². The fourth-order valence-corrected chi connectivity index (χ4v) is 2.88. The number of carbonyl (C=O) groups excluding carboxylic acids is 1. The lowest BCUT2D eigenvalue weighted by Gasteiger charge is -2.38. The zero-order chi connectivity index (χ0) is 7.42. The number of carbonyl (C=O) groups is 1. The van der Waals surface area contributed by atoms with E-state index < -0.39 is 0 Å². The summed E-state index contributed by atoms with van der Waals surface area (Å²) in [6, 6.07) is 0. The summed E-state index contributed by atoms with van der Waals surface area (Å²) in [5, 5.41) is 0. The number of Topliss-reactive ketones (excluding diaryl/α,β-unsaturated/α-hetero) is 1. The second kappa shape index (κ2) is 1.66. The first-order valence-electron chi connectivity index (χ1n) is 4.25. The predicted octanol–water partition coefficient (Wildman–Crippen LogP) is 1.56. The molecule has 3 saturated carbocycles. The van der Waals surface area contributed by atoms with Crippen LogP contribution < -0.4 is 0 Å². The van der Waals surface area contributed by atoms with Crippen LogP contribution in [0.5, 0.6) is 0 Å². The Morgan fingerprint density at radius 3 is 2.27 bits per heavy atom. The number of allylic oxidation sites excluding steroid dienone is 4. The van der Waals surface area contributed by atoms with E-state index in [9.17, 15) is 4.79 Å². The lowest BCUT2D eigenvalue weighted by atomic mass is 9.64. The van der Waals surface area contributed by atoms with Crippen molar-refractivity contribution in [3.63, 3.8) is 0 Å². The number of hydrogen-bond acceptors (Lipinski definition) is 1. The third kappa shape index (κ3) is 0.515. The molecule has 0 heterocycles. The molecule has 1 nitrogen and oxygen atoms in total. The number of ketones is 1. The number of hydrogen-bond donors (Lipinski definition) is 0. The molecule has 4 bridgehead atoms. The van der Waals surface area contributed by atoms with Crippen molar-refractivity contribution in [2.24, 2.45) is 23.7 Å². The van der Waals surface area contributed by atoms with Gasteiger partial charge in [0.2, 0.25) is 0 Å². The smallest absolute Gasteiger partial charge is 0.137 e. The molecule has 4 aliphatic rings. The molecule has 0 saturated heterocycles. The summed E-state index contributed by atoms with van der Waals surface area (Å²) < 4.78 is 0. The minimum Gasteiger partial charge on any atom is -0.299 e. The molecule has 3 fully saturated rings. The van der Waals surface area contributed by atoms with Gasteiger partial charge in [-0.3, -0.25) is 4.79 Å². The average molecular weight is 146 g/mol. The Bertz CT molecular complexity index is 255. The summed E-state index contributed by atoms with van der Waals surface area (Å²) in [4.78, 5) is 11.3. The largest absolute Gasteiger partial charge is 0.299 e. The molecule has 0 aliphatic heterocycles. The topological polar surface area (TPSA) is 17.1 Å². The molecule has 4 aliphatic carbocycles. The summed E-state index contributed by atoms with van der Waals surface area (Å²) in [6.07, 6.45) is 9.45. The molecule has 11 heavy (non-hydrogen) atoms. The van der Waals surface area contributed by atoms with E-state index in [0.717, 1.165) is 6.42 Å². The maximum Gasteiger partial charge on any atom is 0.137 e. The fourth-order valence-electron chi connectivity index (χ4n) is 2.88. The third-order valence-corrected chi connectivity index (χ3v) is 3.40. The van der Waals surface area contributed by atoms with Gasteiger partial charge in [0.05, 0.1) is 0 Å². The molecule has 2 atom stereocenters. The molecule has 0 aromatic rings. The fraction of sp³-hybridized carbons (Fsp3) is 0.500. The monoisotopic (exact) mass is 146 g/mol.